The molecule has 0 spiro atoms. The van der Waals surface area contributed by atoms with Crippen LogP contribution >= 0.6 is 0 Å². The SMILES string of the molecule is CCCC1NC(=O)CC(C)N(CCOC(C)C)C1=O. The van der Waals surface area contributed by atoms with E-state index in [1.54, 1.807) is 4.90 Å². The maximum Gasteiger partial charge on any atom is 0.245 e. The van der Waals surface area contributed by atoms with Crippen LogP contribution in [-0.4, -0.2) is 48.1 Å². The Morgan fingerprint density at radius 2 is 2.11 bits per heavy atom. The maximum absolute atomic E-state index is 12.4. The first-order valence-electron chi connectivity index (χ1n) is 7.17. The highest BCUT2D eigenvalue weighted by Gasteiger charge is 2.32. The van der Waals surface area contributed by atoms with E-state index in [0.29, 0.717) is 26.0 Å². The van der Waals surface area contributed by atoms with E-state index in [9.17, 15) is 9.59 Å². The molecule has 0 aromatic carbocycles. The third-order valence-electron chi connectivity index (χ3n) is 3.29. The smallest absolute Gasteiger partial charge is 0.245 e. The van der Waals surface area contributed by atoms with Crippen molar-refractivity contribution in [3.8, 4) is 0 Å². The summed E-state index contributed by atoms with van der Waals surface area (Å²) in [4.78, 5) is 25.9. The minimum absolute atomic E-state index is 0.0209. The number of nitrogens with zero attached hydrogens (tertiary/aromatic N) is 1. The van der Waals surface area contributed by atoms with Crippen LogP contribution in [0.2, 0.25) is 0 Å². The minimum atomic E-state index is -0.374. The predicted octanol–water partition coefficient (Wildman–Crippen LogP) is 1.32. The van der Waals surface area contributed by atoms with Crippen LogP contribution in [0.3, 0.4) is 0 Å². The van der Waals surface area contributed by atoms with Crippen molar-refractivity contribution in [1.82, 2.24) is 10.2 Å². The molecule has 5 nitrogen and oxygen atoms in total. The van der Waals surface area contributed by atoms with Gasteiger partial charge in [-0.15, -0.1) is 0 Å². The third-order valence-corrected chi connectivity index (χ3v) is 3.29. The quantitative estimate of drug-likeness (QED) is 0.792. The maximum atomic E-state index is 12.4. The summed E-state index contributed by atoms with van der Waals surface area (Å²) in [5.74, 6) is -0.0147. The van der Waals surface area contributed by atoms with E-state index in [2.05, 4.69) is 5.32 Å². The zero-order valence-corrected chi connectivity index (χ0v) is 12.4. The Labute approximate surface area is 115 Å². The second-order valence-corrected chi connectivity index (χ2v) is 5.41. The van der Waals surface area contributed by atoms with Gasteiger partial charge in [-0.3, -0.25) is 9.59 Å². The van der Waals surface area contributed by atoms with Gasteiger partial charge in [0.2, 0.25) is 11.8 Å². The molecule has 0 aromatic rings. The Bertz CT molecular complexity index is 318. The molecule has 1 aliphatic rings. The number of carbonyl (C=O) groups is 2. The zero-order valence-electron chi connectivity index (χ0n) is 12.4. The van der Waals surface area contributed by atoms with Crippen LogP contribution in [0.1, 0.15) is 47.0 Å². The predicted molar refractivity (Wildman–Crippen MR) is 73.7 cm³/mol. The first-order valence-corrected chi connectivity index (χ1v) is 7.17. The molecule has 110 valence electrons. The van der Waals surface area contributed by atoms with E-state index in [1.807, 2.05) is 27.7 Å². The highest BCUT2D eigenvalue weighted by Crippen LogP contribution is 2.14. The summed E-state index contributed by atoms with van der Waals surface area (Å²) in [5, 5.41) is 2.82. The number of rotatable bonds is 6. The Morgan fingerprint density at radius 3 is 2.68 bits per heavy atom. The first-order chi connectivity index (χ1) is 8.95. The molecule has 0 aliphatic carbocycles. The largest absolute Gasteiger partial charge is 0.377 e. The third kappa shape index (κ3) is 4.82. The van der Waals surface area contributed by atoms with Crippen LogP contribution in [-0.2, 0) is 14.3 Å². The fourth-order valence-corrected chi connectivity index (χ4v) is 2.31. The summed E-state index contributed by atoms with van der Waals surface area (Å²) in [7, 11) is 0. The molecule has 2 atom stereocenters. The minimum Gasteiger partial charge on any atom is -0.377 e. The molecule has 5 heteroatoms. The van der Waals surface area contributed by atoms with Gasteiger partial charge in [-0.25, -0.2) is 0 Å². The molecule has 2 unspecified atom stereocenters. The van der Waals surface area contributed by atoms with Crippen LogP contribution < -0.4 is 5.32 Å². The second kappa shape index (κ2) is 7.48. The number of nitrogens with one attached hydrogen (secondary N) is 1. The summed E-state index contributed by atoms with van der Waals surface area (Å²) in [6, 6.07) is -0.438. The fourth-order valence-electron chi connectivity index (χ4n) is 2.31. The number of hydrogen-bond acceptors (Lipinski definition) is 3. The van der Waals surface area contributed by atoms with E-state index in [4.69, 9.17) is 4.74 Å². The average Bonchev–Trinajstić information content (AvgIpc) is 2.40. The van der Waals surface area contributed by atoms with Gasteiger partial charge in [0, 0.05) is 19.0 Å². The molecule has 0 saturated carbocycles. The van der Waals surface area contributed by atoms with Crippen molar-refractivity contribution in [2.24, 2.45) is 0 Å². The van der Waals surface area contributed by atoms with Crippen LogP contribution in [0, 0.1) is 0 Å². The molecular weight excluding hydrogens is 244 g/mol. The van der Waals surface area contributed by atoms with E-state index in [-0.39, 0.29) is 30.0 Å². The molecule has 1 aliphatic heterocycles. The van der Waals surface area contributed by atoms with Gasteiger partial charge in [-0.1, -0.05) is 13.3 Å². The Balaban J connectivity index is 2.68. The summed E-state index contributed by atoms with van der Waals surface area (Å²) >= 11 is 0. The van der Waals surface area contributed by atoms with Gasteiger partial charge < -0.3 is 15.0 Å². The van der Waals surface area contributed by atoms with Gasteiger partial charge in [-0.2, -0.15) is 0 Å². The second-order valence-electron chi connectivity index (χ2n) is 5.41. The van der Waals surface area contributed by atoms with Crippen molar-refractivity contribution in [2.45, 2.75) is 65.1 Å². The Kier molecular flexibility index (Phi) is 6.28. The van der Waals surface area contributed by atoms with Gasteiger partial charge in [0.1, 0.15) is 6.04 Å². The zero-order chi connectivity index (χ0) is 14.4. The van der Waals surface area contributed by atoms with Gasteiger partial charge in [-0.05, 0) is 27.2 Å². The normalized spacial score (nSPS) is 24.6. The number of carbonyl (C=O) groups excluding carboxylic acids is 2. The molecular formula is C14H26N2O3. The Morgan fingerprint density at radius 1 is 1.42 bits per heavy atom. The standard InChI is InChI=1S/C14H26N2O3/c1-5-6-12-14(18)16(7-8-19-10(2)3)11(4)9-13(17)15-12/h10-12H,5-9H2,1-4H3,(H,15,17). The van der Waals surface area contributed by atoms with E-state index >= 15 is 0 Å². The molecule has 0 radical (unpaired) electrons. The van der Waals surface area contributed by atoms with Crippen molar-refractivity contribution < 1.29 is 14.3 Å². The summed E-state index contributed by atoms with van der Waals surface area (Å²) in [5.41, 5.74) is 0. The molecule has 1 N–H and O–H groups in total. The van der Waals surface area contributed by atoms with E-state index in [0.717, 1.165) is 6.42 Å². The van der Waals surface area contributed by atoms with Crippen LogP contribution in [0.5, 0.6) is 0 Å². The van der Waals surface area contributed by atoms with Crippen molar-refractivity contribution in [1.29, 1.82) is 0 Å². The molecule has 1 fully saturated rings. The number of ether oxygens (including phenoxy) is 1. The van der Waals surface area contributed by atoms with Crippen molar-refractivity contribution in [3.05, 3.63) is 0 Å². The molecule has 0 aromatic heterocycles. The lowest BCUT2D eigenvalue weighted by atomic mass is 10.1. The Hall–Kier alpha value is -1.10. The van der Waals surface area contributed by atoms with E-state index in [1.165, 1.54) is 0 Å². The lowest BCUT2D eigenvalue weighted by Gasteiger charge is -2.28. The van der Waals surface area contributed by atoms with Crippen LogP contribution in [0.25, 0.3) is 0 Å². The van der Waals surface area contributed by atoms with Gasteiger partial charge in [0.05, 0.1) is 12.7 Å². The first kappa shape index (κ1) is 16.0. The van der Waals surface area contributed by atoms with Crippen molar-refractivity contribution in [3.63, 3.8) is 0 Å². The van der Waals surface area contributed by atoms with Crippen LogP contribution in [0.4, 0.5) is 0 Å². The van der Waals surface area contributed by atoms with Gasteiger partial charge in [0.15, 0.2) is 0 Å². The monoisotopic (exact) mass is 270 g/mol. The molecule has 1 rings (SSSR count). The number of hydrogen-bond donors (Lipinski definition) is 1. The number of amides is 2. The van der Waals surface area contributed by atoms with Crippen molar-refractivity contribution >= 4 is 11.8 Å². The van der Waals surface area contributed by atoms with Crippen molar-refractivity contribution in [2.75, 3.05) is 13.2 Å². The van der Waals surface area contributed by atoms with Gasteiger partial charge in [0.25, 0.3) is 0 Å². The summed E-state index contributed by atoms with van der Waals surface area (Å²) in [6.45, 7) is 8.94. The lowest BCUT2D eigenvalue weighted by Crippen LogP contribution is -2.47. The fraction of sp³-hybridized carbons (Fsp3) is 0.857. The van der Waals surface area contributed by atoms with E-state index < -0.39 is 0 Å². The highest BCUT2D eigenvalue weighted by molar-refractivity contribution is 5.90. The average molecular weight is 270 g/mol. The molecule has 0 bridgehead atoms. The lowest BCUT2D eigenvalue weighted by molar-refractivity contribution is -0.136. The van der Waals surface area contributed by atoms with Crippen LogP contribution in [0.15, 0.2) is 0 Å². The molecule has 1 saturated heterocycles. The molecule has 19 heavy (non-hydrogen) atoms. The topological polar surface area (TPSA) is 58.6 Å². The molecule has 2 amide bonds. The highest BCUT2D eigenvalue weighted by atomic mass is 16.5. The molecule has 1 heterocycles. The summed E-state index contributed by atoms with van der Waals surface area (Å²) < 4.78 is 5.50. The summed E-state index contributed by atoms with van der Waals surface area (Å²) in [6.07, 6.45) is 2.09. The van der Waals surface area contributed by atoms with Gasteiger partial charge >= 0.3 is 0 Å².